The van der Waals surface area contributed by atoms with Crippen LogP contribution in [0, 0.1) is 11.3 Å². The minimum absolute atomic E-state index is 0.0136. The van der Waals surface area contributed by atoms with Crippen LogP contribution in [-0.4, -0.2) is 63.7 Å². The lowest BCUT2D eigenvalue weighted by atomic mass is 10.0. The minimum Gasteiger partial charge on any atom is -0.392 e. The maximum absolute atomic E-state index is 13.4. The second-order valence-electron chi connectivity index (χ2n) is 9.13. The van der Waals surface area contributed by atoms with Crippen LogP contribution in [-0.2, 0) is 11.0 Å². The molecule has 1 aromatic carbocycles. The summed E-state index contributed by atoms with van der Waals surface area (Å²) in [6, 6.07) is 4.77. The summed E-state index contributed by atoms with van der Waals surface area (Å²) in [5.41, 5.74) is -2.54. The van der Waals surface area contributed by atoms with E-state index in [2.05, 4.69) is 4.90 Å². The molecule has 1 aromatic rings. The molecule has 0 aromatic heterocycles. The second kappa shape index (κ2) is 9.95. The molecule has 2 aliphatic heterocycles. The molecule has 2 saturated heterocycles. The quantitative estimate of drug-likeness (QED) is 0.448. The van der Waals surface area contributed by atoms with Gasteiger partial charge in [-0.1, -0.05) is 12.8 Å². The van der Waals surface area contributed by atoms with Gasteiger partial charge in [0.2, 0.25) is 0 Å². The lowest BCUT2D eigenvalue weighted by Gasteiger charge is -2.29. The monoisotopic (exact) mass is 482 g/mol. The van der Waals surface area contributed by atoms with Crippen LogP contribution in [0.1, 0.15) is 57.1 Å². The lowest BCUT2D eigenvalue weighted by molar-refractivity contribution is -0.137. The van der Waals surface area contributed by atoms with E-state index in [0.717, 1.165) is 68.8 Å². The van der Waals surface area contributed by atoms with Crippen molar-refractivity contribution in [3.05, 3.63) is 29.3 Å². The smallest absolute Gasteiger partial charge is 0.392 e. The normalized spacial score (nSPS) is 21.2. The average molecular weight is 483 g/mol. The Morgan fingerprint density at radius 2 is 1.88 bits per heavy atom. The van der Waals surface area contributed by atoms with Crippen molar-refractivity contribution < 1.29 is 23.1 Å². The average Bonchev–Trinajstić information content (AvgIpc) is 3.23. The fraction of sp³-hybridized carbons (Fsp3) is 0.609. The van der Waals surface area contributed by atoms with Gasteiger partial charge in [0.25, 0.3) is 5.91 Å². The Kier molecular flexibility index (Phi) is 7.66. The van der Waals surface area contributed by atoms with Gasteiger partial charge in [-0.2, -0.15) is 18.4 Å². The van der Waals surface area contributed by atoms with Gasteiger partial charge in [-0.15, -0.1) is 0 Å². The minimum atomic E-state index is -4.71. The number of rotatable bonds is 8. The fourth-order valence-electron chi connectivity index (χ4n) is 4.42. The maximum atomic E-state index is 13.4. The number of nitriles is 1. The topological polar surface area (TPSA) is 70.8 Å². The molecule has 6 nitrogen and oxygen atoms in total. The number of benzene rings is 1. The molecular weight excluding hydrogens is 453 g/mol. The third kappa shape index (κ3) is 5.48. The van der Waals surface area contributed by atoms with E-state index in [-0.39, 0.29) is 16.9 Å². The zero-order valence-corrected chi connectivity index (χ0v) is 19.7. The van der Waals surface area contributed by atoms with Gasteiger partial charge in [-0.3, -0.25) is 9.69 Å². The first-order valence-corrected chi connectivity index (χ1v) is 11.6. The second-order valence-corrected chi connectivity index (χ2v) is 9.50. The predicted octanol–water partition coefficient (Wildman–Crippen LogP) is 3.92. The molecule has 2 heterocycles. The zero-order valence-electron chi connectivity index (χ0n) is 18.9. The number of likely N-dealkylation sites (tertiary alicyclic amines) is 1. The number of carbonyl (C=O) groups is 1. The van der Waals surface area contributed by atoms with E-state index in [1.807, 2.05) is 0 Å². The number of nitrogens with zero attached hydrogens (tertiary/aromatic N) is 4. The van der Waals surface area contributed by atoms with E-state index < -0.39 is 28.7 Å². The molecule has 0 saturated carbocycles. The molecule has 0 bridgehead atoms. The number of β-amino-alcohol motifs (C(OH)–C–C–N with tert-alkyl or cyclic N) is 1. The molecule has 0 spiro atoms. The molecule has 2 fully saturated rings. The Balaban J connectivity index is 1.62. The zero-order chi connectivity index (χ0) is 24.4. The van der Waals surface area contributed by atoms with Gasteiger partial charge in [0.15, 0.2) is 5.11 Å². The summed E-state index contributed by atoms with van der Waals surface area (Å²) in [5.74, 6) is -0.391. The highest BCUT2D eigenvalue weighted by atomic mass is 32.1. The van der Waals surface area contributed by atoms with Crippen LogP contribution in [0.2, 0.25) is 0 Å². The summed E-state index contributed by atoms with van der Waals surface area (Å²) < 4.78 is 40.2. The number of hydrogen-bond donors (Lipinski definition) is 1. The highest BCUT2D eigenvalue weighted by Crippen LogP contribution is 2.38. The van der Waals surface area contributed by atoms with Crippen molar-refractivity contribution in [1.29, 1.82) is 5.26 Å². The van der Waals surface area contributed by atoms with Crippen molar-refractivity contribution in [1.82, 2.24) is 9.80 Å². The van der Waals surface area contributed by atoms with Crippen molar-refractivity contribution in [2.24, 2.45) is 0 Å². The predicted molar refractivity (Wildman–Crippen MR) is 123 cm³/mol. The van der Waals surface area contributed by atoms with Crippen LogP contribution in [0.3, 0.4) is 0 Å². The number of aliphatic hydroxyl groups is 1. The number of anilines is 1. The lowest BCUT2D eigenvalue weighted by Crippen LogP contribution is -2.44. The molecule has 0 radical (unpaired) electrons. The summed E-state index contributed by atoms with van der Waals surface area (Å²) in [5, 5.41) is 18.8. The third-order valence-electron chi connectivity index (χ3n) is 6.36. The number of unbranched alkanes of at least 4 members (excludes halogenated alkanes) is 3. The number of aliphatic hydroxyl groups excluding tert-OH is 1. The molecule has 33 heavy (non-hydrogen) atoms. The highest BCUT2D eigenvalue weighted by Gasteiger charge is 2.49. The first-order chi connectivity index (χ1) is 15.5. The van der Waals surface area contributed by atoms with E-state index in [9.17, 15) is 23.1 Å². The summed E-state index contributed by atoms with van der Waals surface area (Å²) in [6.45, 7) is 6.58. The summed E-state index contributed by atoms with van der Waals surface area (Å²) >= 11 is 5.51. The number of halogens is 3. The number of thiocarbonyl (C=S) groups is 1. The Hall–Kier alpha value is -2.22. The van der Waals surface area contributed by atoms with Crippen LogP contribution in [0.25, 0.3) is 0 Å². The van der Waals surface area contributed by atoms with Crippen LogP contribution >= 0.6 is 12.2 Å². The molecule has 1 amide bonds. The molecule has 10 heteroatoms. The van der Waals surface area contributed by atoms with E-state index >= 15 is 0 Å². The van der Waals surface area contributed by atoms with Crippen LogP contribution in [0.15, 0.2) is 18.2 Å². The first kappa shape index (κ1) is 25.4. The molecule has 1 N–H and O–H groups in total. The highest BCUT2D eigenvalue weighted by molar-refractivity contribution is 7.80. The summed E-state index contributed by atoms with van der Waals surface area (Å²) in [6.07, 6.45) is -0.327. The SMILES string of the molecule is CC1(C)C(=O)N(c2ccc(C#N)c(C(F)(F)F)c2)C(=S)N1CCCCCCN1CC[C@H](O)C1. The summed E-state index contributed by atoms with van der Waals surface area (Å²) in [7, 11) is 0. The Morgan fingerprint density at radius 1 is 1.21 bits per heavy atom. The molecule has 180 valence electrons. The molecule has 3 rings (SSSR count). The van der Waals surface area contributed by atoms with E-state index in [1.165, 1.54) is 6.07 Å². The van der Waals surface area contributed by atoms with Crippen molar-refractivity contribution in [3.63, 3.8) is 0 Å². The Labute approximate surface area is 197 Å². The number of alkyl halides is 3. The number of amides is 1. The van der Waals surface area contributed by atoms with Gasteiger partial charge in [-0.05, 0) is 70.1 Å². The molecular formula is C23H29F3N4O2S. The number of carbonyl (C=O) groups excluding carboxylic acids is 1. The van der Waals surface area contributed by atoms with Crippen molar-refractivity contribution in [3.8, 4) is 6.07 Å². The largest absolute Gasteiger partial charge is 0.417 e. The molecule has 0 aliphatic carbocycles. The van der Waals surface area contributed by atoms with Crippen LogP contribution < -0.4 is 4.90 Å². The first-order valence-electron chi connectivity index (χ1n) is 11.1. The van der Waals surface area contributed by atoms with E-state index in [4.69, 9.17) is 17.5 Å². The van der Waals surface area contributed by atoms with Crippen LogP contribution in [0.4, 0.5) is 18.9 Å². The van der Waals surface area contributed by atoms with Gasteiger partial charge >= 0.3 is 6.18 Å². The molecule has 1 atom stereocenters. The summed E-state index contributed by atoms with van der Waals surface area (Å²) in [4.78, 5) is 18.3. The van der Waals surface area contributed by atoms with Crippen molar-refractivity contribution >= 4 is 28.9 Å². The maximum Gasteiger partial charge on any atom is 0.417 e. The van der Waals surface area contributed by atoms with E-state index in [1.54, 1.807) is 24.8 Å². The van der Waals surface area contributed by atoms with Gasteiger partial charge in [-0.25, -0.2) is 0 Å². The molecule has 0 unspecified atom stereocenters. The van der Waals surface area contributed by atoms with Crippen molar-refractivity contribution in [2.75, 3.05) is 31.1 Å². The third-order valence-corrected chi connectivity index (χ3v) is 6.77. The van der Waals surface area contributed by atoms with Gasteiger partial charge in [0.1, 0.15) is 5.54 Å². The molecule has 2 aliphatic rings. The number of hydrogen-bond acceptors (Lipinski definition) is 5. The Bertz CT molecular complexity index is 945. The van der Waals surface area contributed by atoms with Gasteiger partial charge < -0.3 is 14.9 Å². The van der Waals surface area contributed by atoms with Gasteiger partial charge in [0.05, 0.1) is 29.0 Å². The van der Waals surface area contributed by atoms with Gasteiger partial charge in [0, 0.05) is 19.6 Å². The standard InChI is InChI=1S/C23H29F3N4O2S/c1-22(2)20(32)30(17-8-7-16(14-27)19(13-17)23(24,25)26)21(33)29(22)11-6-4-3-5-10-28-12-9-18(31)15-28/h7-8,13,18,31H,3-6,9-12,15H2,1-2H3/t18-/m0/s1. The van der Waals surface area contributed by atoms with E-state index in [0.29, 0.717) is 6.54 Å². The van der Waals surface area contributed by atoms with Crippen LogP contribution in [0.5, 0.6) is 0 Å². The van der Waals surface area contributed by atoms with Crippen molar-refractivity contribution in [2.45, 2.75) is 63.8 Å². The Morgan fingerprint density at radius 3 is 2.45 bits per heavy atom. The fourth-order valence-corrected chi connectivity index (χ4v) is 4.92.